The maximum Gasteiger partial charge on any atom is 0.261 e. The van der Waals surface area contributed by atoms with Crippen molar-refractivity contribution in [2.24, 2.45) is 0 Å². The molecule has 1 N–H and O–H groups in total. The fraction of sp³-hybridized carbons (Fsp3) is 0.286. The number of benzene rings is 2. The van der Waals surface area contributed by atoms with Crippen molar-refractivity contribution in [2.75, 3.05) is 13.3 Å². The molecule has 7 nitrogen and oxygen atoms in total. The Kier molecular flexibility index (Phi) is 4.73. The van der Waals surface area contributed by atoms with Gasteiger partial charge in [0.15, 0.2) is 11.5 Å². The van der Waals surface area contributed by atoms with E-state index < -0.39 is 0 Å². The molecule has 2 heterocycles. The molecule has 0 saturated carbocycles. The van der Waals surface area contributed by atoms with Gasteiger partial charge in [-0.25, -0.2) is 0 Å². The first-order valence-corrected chi connectivity index (χ1v) is 9.25. The number of unbranched alkanes of at least 4 members (excludes halogenated alkanes) is 1. The largest absolute Gasteiger partial charge is 0.454 e. The smallest absolute Gasteiger partial charge is 0.261 e. The first-order valence-electron chi connectivity index (χ1n) is 9.25. The minimum absolute atomic E-state index is 0.197. The van der Waals surface area contributed by atoms with Gasteiger partial charge in [-0.15, -0.1) is 0 Å². The molecule has 0 spiro atoms. The average molecular weight is 380 g/mol. The minimum atomic E-state index is -0.334. The highest BCUT2D eigenvalue weighted by Gasteiger charge is 2.35. The quantitative estimate of drug-likeness (QED) is 0.779. The molecule has 2 aromatic carbocycles. The number of fused-ring (bicyclic) bond motifs is 2. The van der Waals surface area contributed by atoms with Crippen LogP contribution < -0.4 is 14.8 Å². The van der Waals surface area contributed by atoms with Crippen molar-refractivity contribution in [2.45, 2.75) is 26.3 Å². The Hall–Kier alpha value is -3.35. The molecule has 3 amide bonds. The van der Waals surface area contributed by atoms with E-state index in [0.717, 1.165) is 18.4 Å². The molecule has 4 rings (SSSR count). The van der Waals surface area contributed by atoms with E-state index in [-0.39, 0.29) is 30.1 Å². The number of nitrogens with one attached hydrogen (secondary N) is 1. The van der Waals surface area contributed by atoms with Crippen LogP contribution in [0, 0.1) is 0 Å². The highest BCUT2D eigenvalue weighted by Crippen LogP contribution is 2.32. The van der Waals surface area contributed by atoms with Crippen LogP contribution in [0.15, 0.2) is 36.4 Å². The number of nitrogens with zero attached hydrogens (tertiary/aromatic N) is 1. The van der Waals surface area contributed by atoms with Crippen LogP contribution >= 0.6 is 0 Å². The van der Waals surface area contributed by atoms with Crippen LogP contribution in [0.4, 0.5) is 0 Å². The first-order chi connectivity index (χ1) is 13.6. The standard InChI is InChI=1S/C21H20N2O5/c1-2-3-8-23-20(25)15-6-5-14(10-16(15)21(23)26)19(24)22-11-13-4-7-17-18(9-13)28-12-27-17/h4-7,9-10H,2-3,8,11-12H2,1H3,(H,22,24). The van der Waals surface area contributed by atoms with Crippen molar-refractivity contribution in [3.05, 3.63) is 58.7 Å². The van der Waals surface area contributed by atoms with Gasteiger partial charge in [0.1, 0.15) is 0 Å². The first kappa shape index (κ1) is 18.0. The van der Waals surface area contributed by atoms with E-state index >= 15 is 0 Å². The van der Waals surface area contributed by atoms with Crippen molar-refractivity contribution >= 4 is 17.7 Å². The molecule has 28 heavy (non-hydrogen) atoms. The molecule has 0 unspecified atom stereocenters. The van der Waals surface area contributed by atoms with Crippen molar-refractivity contribution in [1.82, 2.24) is 10.2 Å². The summed E-state index contributed by atoms with van der Waals surface area (Å²) >= 11 is 0. The Bertz CT molecular complexity index is 969. The molecule has 2 aliphatic heterocycles. The van der Waals surface area contributed by atoms with Gasteiger partial charge in [0, 0.05) is 18.7 Å². The lowest BCUT2D eigenvalue weighted by atomic mass is 10.1. The summed E-state index contributed by atoms with van der Waals surface area (Å²) in [5, 5.41) is 2.82. The summed E-state index contributed by atoms with van der Waals surface area (Å²) in [6.45, 7) is 2.90. The van der Waals surface area contributed by atoms with Gasteiger partial charge in [0.05, 0.1) is 11.1 Å². The molecule has 2 aliphatic rings. The predicted octanol–water partition coefficient (Wildman–Crippen LogP) is 2.74. The molecule has 0 bridgehead atoms. The van der Waals surface area contributed by atoms with Crippen LogP contribution in [0.1, 0.15) is 56.4 Å². The van der Waals surface area contributed by atoms with Crippen LogP contribution in [0.2, 0.25) is 0 Å². The molecular weight excluding hydrogens is 360 g/mol. The lowest BCUT2D eigenvalue weighted by Gasteiger charge is -2.12. The Morgan fingerprint density at radius 2 is 1.82 bits per heavy atom. The molecule has 0 saturated heterocycles. The van der Waals surface area contributed by atoms with E-state index in [9.17, 15) is 14.4 Å². The second-order valence-electron chi connectivity index (χ2n) is 6.75. The van der Waals surface area contributed by atoms with Crippen molar-refractivity contribution in [1.29, 1.82) is 0 Å². The highest BCUT2D eigenvalue weighted by atomic mass is 16.7. The third kappa shape index (κ3) is 3.19. The lowest BCUT2D eigenvalue weighted by molar-refractivity contribution is 0.0652. The SMILES string of the molecule is CCCCN1C(=O)c2ccc(C(=O)NCc3ccc4c(c3)OCO4)cc2C1=O. The number of amides is 3. The molecule has 7 heteroatoms. The Morgan fingerprint density at radius 1 is 1.04 bits per heavy atom. The van der Waals surface area contributed by atoms with Gasteiger partial charge < -0.3 is 14.8 Å². The van der Waals surface area contributed by atoms with Crippen molar-refractivity contribution in [3.8, 4) is 11.5 Å². The summed E-state index contributed by atoms with van der Waals surface area (Å²) in [5.41, 5.74) is 1.86. The van der Waals surface area contributed by atoms with Crippen molar-refractivity contribution < 1.29 is 23.9 Å². The monoisotopic (exact) mass is 380 g/mol. The Morgan fingerprint density at radius 3 is 2.64 bits per heavy atom. The number of carbonyl (C=O) groups is 3. The summed E-state index contributed by atoms with van der Waals surface area (Å²) < 4.78 is 10.6. The van der Waals surface area contributed by atoms with Crippen LogP contribution in [-0.2, 0) is 6.54 Å². The van der Waals surface area contributed by atoms with E-state index in [4.69, 9.17) is 9.47 Å². The maximum absolute atomic E-state index is 12.5. The van der Waals surface area contributed by atoms with E-state index in [1.54, 1.807) is 18.2 Å². The van der Waals surface area contributed by atoms with Gasteiger partial charge in [-0.2, -0.15) is 0 Å². The summed E-state index contributed by atoms with van der Waals surface area (Å²) in [6.07, 6.45) is 1.65. The fourth-order valence-corrected chi connectivity index (χ4v) is 3.29. The number of hydrogen-bond donors (Lipinski definition) is 1. The third-order valence-corrected chi connectivity index (χ3v) is 4.86. The van der Waals surface area contributed by atoms with E-state index in [0.29, 0.717) is 35.7 Å². The molecule has 2 aromatic rings. The topological polar surface area (TPSA) is 84.9 Å². The molecule has 0 aromatic heterocycles. The summed E-state index contributed by atoms with van der Waals surface area (Å²) in [6, 6.07) is 10.1. The zero-order valence-corrected chi connectivity index (χ0v) is 15.5. The van der Waals surface area contributed by atoms with Crippen molar-refractivity contribution in [3.63, 3.8) is 0 Å². The van der Waals surface area contributed by atoms with Crippen LogP contribution in [0.5, 0.6) is 11.5 Å². The van der Waals surface area contributed by atoms with E-state index in [1.807, 2.05) is 19.1 Å². The number of rotatable bonds is 6. The van der Waals surface area contributed by atoms with E-state index in [1.165, 1.54) is 11.0 Å². The zero-order valence-electron chi connectivity index (χ0n) is 15.5. The summed E-state index contributed by atoms with van der Waals surface area (Å²) in [5.74, 6) is 0.400. The van der Waals surface area contributed by atoms with Gasteiger partial charge in [-0.05, 0) is 42.3 Å². The van der Waals surface area contributed by atoms with Crippen LogP contribution in [0.3, 0.4) is 0 Å². The normalized spacial score (nSPS) is 14.4. The fourth-order valence-electron chi connectivity index (χ4n) is 3.29. The van der Waals surface area contributed by atoms with Gasteiger partial charge in [-0.3, -0.25) is 19.3 Å². The zero-order chi connectivity index (χ0) is 19.7. The van der Waals surface area contributed by atoms with Crippen LogP contribution in [-0.4, -0.2) is 36.0 Å². The minimum Gasteiger partial charge on any atom is -0.454 e. The summed E-state index contributed by atoms with van der Waals surface area (Å²) in [7, 11) is 0. The number of hydrogen-bond acceptors (Lipinski definition) is 5. The second-order valence-corrected chi connectivity index (χ2v) is 6.75. The Labute approximate surface area is 162 Å². The molecule has 0 aliphatic carbocycles. The number of carbonyl (C=O) groups excluding carboxylic acids is 3. The highest BCUT2D eigenvalue weighted by molar-refractivity contribution is 6.22. The number of imide groups is 1. The molecule has 0 atom stereocenters. The maximum atomic E-state index is 12.5. The second kappa shape index (κ2) is 7.34. The summed E-state index contributed by atoms with van der Waals surface area (Å²) in [4.78, 5) is 38.7. The van der Waals surface area contributed by atoms with E-state index in [2.05, 4.69) is 5.32 Å². The average Bonchev–Trinajstić information content (AvgIpc) is 3.27. The predicted molar refractivity (Wildman–Crippen MR) is 100 cm³/mol. The van der Waals surface area contributed by atoms with Crippen LogP contribution in [0.25, 0.3) is 0 Å². The number of ether oxygens (including phenoxy) is 2. The third-order valence-electron chi connectivity index (χ3n) is 4.86. The van der Waals surface area contributed by atoms with Gasteiger partial charge in [0.2, 0.25) is 6.79 Å². The molecule has 0 fully saturated rings. The van der Waals surface area contributed by atoms with Gasteiger partial charge in [0.25, 0.3) is 17.7 Å². The Balaban J connectivity index is 1.46. The van der Waals surface area contributed by atoms with Gasteiger partial charge in [-0.1, -0.05) is 19.4 Å². The van der Waals surface area contributed by atoms with Gasteiger partial charge >= 0.3 is 0 Å². The lowest BCUT2D eigenvalue weighted by Crippen LogP contribution is -2.30. The molecule has 144 valence electrons. The molecular formula is C21H20N2O5. The molecule has 0 radical (unpaired) electrons.